The number of carbonyl (C=O) groups is 1. The van der Waals surface area contributed by atoms with Gasteiger partial charge in [-0.2, -0.15) is 5.26 Å². The molecule has 102 valence electrons. The molecule has 0 amide bonds. The molecule has 18 heavy (non-hydrogen) atoms. The number of nitrogens with zero attached hydrogens (tertiary/aromatic N) is 1. The van der Waals surface area contributed by atoms with E-state index in [0.29, 0.717) is 30.1 Å². The van der Waals surface area contributed by atoms with Crippen molar-refractivity contribution in [2.75, 3.05) is 12.4 Å². The number of hydrogen-bond acceptors (Lipinski definition) is 5. The lowest BCUT2D eigenvalue weighted by Gasteiger charge is -2.43. The number of ether oxygens (including phenoxy) is 2. The summed E-state index contributed by atoms with van der Waals surface area (Å²) >= 11 is 1.53. The third-order valence-electron chi connectivity index (χ3n) is 3.75. The van der Waals surface area contributed by atoms with Crippen molar-refractivity contribution in [3.8, 4) is 6.07 Å². The summed E-state index contributed by atoms with van der Waals surface area (Å²) in [7, 11) is 0. The maximum Gasteiger partial charge on any atom is 0.302 e. The molecule has 4 nitrogen and oxygen atoms in total. The third-order valence-corrected chi connectivity index (χ3v) is 4.91. The Kier molecular flexibility index (Phi) is 5.97. The van der Waals surface area contributed by atoms with Gasteiger partial charge in [0.1, 0.15) is 12.0 Å². The van der Waals surface area contributed by atoms with Crippen molar-refractivity contribution in [2.24, 2.45) is 17.8 Å². The highest BCUT2D eigenvalue weighted by Gasteiger charge is 2.39. The third kappa shape index (κ3) is 3.89. The molecule has 1 rings (SSSR count). The van der Waals surface area contributed by atoms with E-state index in [1.165, 1.54) is 18.7 Å². The molecule has 5 heteroatoms. The zero-order chi connectivity index (χ0) is 13.7. The van der Waals surface area contributed by atoms with Gasteiger partial charge in [-0.05, 0) is 17.8 Å². The number of hydrogen-bond donors (Lipinski definition) is 0. The maximum atomic E-state index is 10.9. The first kappa shape index (κ1) is 15.3. The van der Waals surface area contributed by atoms with E-state index in [-0.39, 0.29) is 17.5 Å². The Balaban J connectivity index is 2.62. The number of thioether (sulfide) groups is 1. The van der Waals surface area contributed by atoms with Gasteiger partial charge in [-0.1, -0.05) is 20.8 Å². The Morgan fingerprint density at radius 2 is 2.00 bits per heavy atom. The molecule has 1 fully saturated rings. The Bertz CT molecular complexity index is 329. The first-order valence-corrected chi connectivity index (χ1v) is 7.29. The van der Waals surface area contributed by atoms with Gasteiger partial charge in [0.25, 0.3) is 0 Å². The fourth-order valence-electron chi connectivity index (χ4n) is 2.19. The highest BCUT2D eigenvalue weighted by Crippen LogP contribution is 2.39. The quantitative estimate of drug-likeness (QED) is 0.735. The van der Waals surface area contributed by atoms with E-state index in [9.17, 15) is 4.79 Å². The van der Waals surface area contributed by atoms with Crippen molar-refractivity contribution in [3.63, 3.8) is 0 Å². The lowest BCUT2D eigenvalue weighted by atomic mass is 9.80. The standard InChI is InChI=1S/C13H21NO3S/c1-8-9(2)12(7-16-11(4)15)17-13(10(8)3)18-6-5-14/h8-10,12-13H,6-7H2,1-4H3/t8-,9-,10?,12?,13-/m0/s1. The lowest BCUT2D eigenvalue weighted by Crippen LogP contribution is -2.45. The van der Waals surface area contributed by atoms with Gasteiger partial charge in [0.15, 0.2) is 0 Å². The van der Waals surface area contributed by atoms with E-state index in [1.54, 1.807) is 0 Å². The SMILES string of the molecule is CC(=O)OCC1O[C@@H](SCC#N)C(C)[C@@H](C)[C@@H]1C. The normalized spacial score (nSPS) is 35.8. The van der Waals surface area contributed by atoms with Gasteiger partial charge >= 0.3 is 5.97 Å². The molecule has 1 saturated heterocycles. The maximum absolute atomic E-state index is 10.9. The van der Waals surface area contributed by atoms with Crippen LogP contribution < -0.4 is 0 Å². The molecule has 5 atom stereocenters. The van der Waals surface area contributed by atoms with Crippen molar-refractivity contribution < 1.29 is 14.3 Å². The van der Waals surface area contributed by atoms with Crippen LogP contribution in [0.3, 0.4) is 0 Å². The Hall–Kier alpha value is -0.730. The molecule has 0 bridgehead atoms. The molecular formula is C13H21NO3S. The molecule has 0 radical (unpaired) electrons. The van der Waals surface area contributed by atoms with Gasteiger partial charge in [0.2, 0.25) is 0 Å². The minimum atomic E-state index is -0.279. The Morgan fingerprint density at radius 1 is 1.33 bits per heavy atom. The first-order valence-electron chi connectivity index (χ1n) is 6.24. The second-order valence-corrected chi connectivity index (χ2v) is 5.98. The smallest absolute Gasteiger partial charge is 0.302 e. The van der Waals surface area contributed by atoms with Gasteiger partial charge < -0.3 is 9.47 Å². The van der Waals surface area contributed by atoms with E-state index in [0.717, 1.165) is 0 Å². The van der Waals surface area contributed by atoms with Crippen molar-refractivity contribution in [3.05, 3.63) is 0 Å². The summed E-state index contributed by atoms with van der Waals surface area (Å²) in [5, 5.41) is 8.65. The van der Waals surface area contributed by atoms with E-state index in [4.69, 9.17) is 14.7 Å². The molecule has 1 heterocycles. The van der Waals surface area contributed by atoms with Crippen molar-refractivity contribution in [1.82, 2.24) is 0 Å². The number of rotatable bonds is 4. The van der Waals surface area contributed by atoms with Gasteiger partial charge in [-0.15, -0.1) is 11.8 Å². The highest BCUT2D eigenvalue weighted by atomic mass is 32.2. The van der Waals surface area contributed by atoms with Crippen LogP contribution in [0.15, 0.2) is 0 Å². The lowest BCUT2D eigenvalue weighted by molar-refractivity contribution is -0.156. The molecule has 0 aromatic carbocycles. The summed E-state index contributed by atoms with van der Waals surface area (Å²) in [6.45, 7) is 8.18. The number of carbonyl (C=O) groups excluding carboxylic acids is 1. The summed E-state index contributed by atoms with van der Waals surface area (Å²) in [5.41, 5.74) is 0.0106. The van der Waals surface area contributed by atoms with E-state index < -0.39 is 0 Å². The summed E-state index contributed by atoms with van der Waals surface area (Å²) in [5.74, 6) is 1.37. The van der Waals surface area contributed by atoms with Crippen LogP contribution in [-0.2, 0) is 14.3 Å². The summed E-state index contributed by atoms with van der Waals surface area (Å²) < 4.78 is 11.0. The minimum absolute atomic E-state index is 0.0106. The first-order chi connectivity index (χ1) is 8.47. The monoisotopic (exact) mass is 271 g/mol. The fraction of sp³-hybridized carbons (Fsp3) is 0.846. The van der Waals surface area contributed by atoms with E-state index in [1.807, 2.05) is 0 Å². The molecule has 0 aliphatic carbocycles. The largest absolute Gasteiger partial charge is 0.463 e. The molecule has 1 aliphatic heterocycles. The van der Waals surface area contributed by atoms with Crippen molar-refractivity contribution in [1.29, 1.82) is 5.26 Å². The molecular weight excluding hydrogens is 250 g/mol. The van der Waals surface area contributed by atoms with E-state index in [2.05, 4.69) is 26.8 Å². The average Bonchev–Trinajstić information content (AvgIpc) is 2.34. The zero-order valence-electron chi connectivity index (χ0n) is 11.4. The number of esters is 1. The molecule has 0 saturated carbocycles. The summed E-state index contributed by atoms with van der Waals surface area (Å²) in [6, 6.07) is 2.12. The van der Waals surface area contributed by atoms with Crippen LogP contribution in [0, 0.1) is 29.1 Å². The Morgan fingerprint density at radius 3 is 2.56 bits per heavy atom. The zero-order valence-corrected chi connectivity index (χ0v) is 12.2. The van der Waals surface area contributed by atoms with Crippen molar-refractivity contribution in [2.45, 2.75) is 39.2 Å². The fourth-order valence-corrected chi connectivity index (χ4v) is 3.20. The van der Waals surface area contributed by atoms with Gasteiger partial charge in [-0.25, -0.2) is 0 Å². The topological polar surface area (TPSA) is 59.3 Å². The second kappa shape index (κ2) is 7.01. The molecule has 0 N–H and O–H groups in total. The van der Waals surface area contributed by atoms with Crippen LogP contribution in [0.25, 0.3) is 0 Å². The van der Waals surface area contributed by atoms with Crippen LogP contribution >= 0.6 is 11.8 Å². The van der Waals surface area contributed by atoms with Gasteiger partial charge in [0, 0.05) is 6.92 Å². The van der Waals surface area contributed by atoms with Gasteiger partial charge in [0.05, 0.1) is 17.9 Å². The predicted octanol–water partition coefficient (Wildman–Crippen LogP) is 2.44. The summed E-state index contributed by atoms with van der Waals surface area (Å²) in [4.78, 5) is 10.9. The van der Waals surface area contributed by atoms with Crippen LogP contribution in [0.4, 0.5) is 0 Å². The highest BCUT2D eigenvalue weighted by molar-refractivity contribution is 7.99. The van der Waals surface area contributed by atoms with Crippen LogP contribution in [-0.4, -0.2) is 29.9 Å². The van der Waals surface area contributed by atoms with Crippen molar-refractivity contribution >= 4 is 17.7 Å². The van der Waals surface area contributed by atoms with Gasteiger partial charge in [-0.3, -0.25) is 4.79 Å². The summed E-state index contributed by atoms with van der Waals surface area (Å²) in [6.07, 6.45) is -0.0729. The predicted molar refractivity (Wildman–Crippen MR) is 70.9 cm³/mol. The minimum Gasteiger partial charge on any atom is -0.463 e. The average molecular weight is 271 g/mol. The van der Waals surface area contributed by atoms with Crippen LogP contribution in [0.1, 0.15) is 27.7 Å². The number of nitriles is 1. The molecule has 0 aromatic heterocycles. The molecule has 1 aliphatic rings. The second-order valence-electron chi connectivity index (χ2n) is 4.89. The van der Waals surface area contributed by atoms with Crippen LogP contribution in [0.2, 0.25) is 0 Å². The molecule has 2 unspecified atom stereocenters. The van der Waals surface area contributed by atoms with E-state index >= 15 is 0 Å². The molecule has 0 aromatic rings. The Labute approximate surface area is 113 Å². The van der Waals surface area contributed by atoms with Crippen LogP contribution in [0.5, 0.6) is 0 Å². The molecule has 0 spiro atoms.